The van der Waals surface area contributed by atoms with Crippen molar-refractivity contribution in [3.63, 3.8) is 0 Å². The summed E-state index contributed by atoms with van der Waals surface area (Å²) < 4.78 is 1.21. The second-order valence-corrected chi connectivity index (χ2v) is 3.31. The molecule has 1 atom stereocenters. The van der Waals surface area contributed by atoms with Crippen LogP contribution in [0.4, 0.5) is 0 Å². The summed E-state index contributed by atoms with van der Waals surface area (Å²) in [5.74, 6) is 0. The average Bonchev–Trinajstić information content (AvgIpc) is 2.14. The molecule has 0 amide bonds. The van der Waals surface area contributed by atoms with Crippen LogP contribution in [0.15, 0.2) is 12.3 Å². The summed E-state index contributed by atoms with van der Waals surface area (Å²) in [4.78, 5) is 3.07. The molecule has 0 aliphatic rings. The topological polar surface area (TPSA) is 41.8 Å². The average molecular weight is 236 g/mol. The van der Waals surface area contributed by atoms with Crippen molar-refractivity contribution in [3.8, 4) is 0 Å². The third-order valence-electron chi connectivity index (χ3n) is 1.16. The van der Waals surface area contributed by atoms with E-state index in [2.05, 4.69) is 27.6 Å². The molecular weight excluding hydrogens is 227 g/mol. The van der Waals surface area contributed by atoms with Crippen LogP contribution >= 0.6 is 22.6 Å². The van der Waals surface area contributed by atoms with Gasteiger partial charge in [-0.15, -0.1) is 0 Å². The summed E-state index contributed by atoms with van der Waals surface area (Å²) >= 11 is 2.25. The molecule has 1 unspecified atom stereocenters. The van der Waals surface area contributed by atoms with Gasteiger partial charge in [0.15, 0.2) is 0 Å². The standard InChI is InChI=1S/C6H9IN2/c1-4(8)6-2-5(7)3-9-6/h2-4,9H,8H2,1H3. The van der Waals surface area contributed by atoms with Crippen LogP contribution < -0.4 is 5.73 Å². The van der Waals surface area contributed by atoms with Crippen LogP contribution in [-0.2, 0) is 0 Å². The van der Waals surface area contributed by atoms with Gasteiger partial charge in [0.25, 0.3) is 0 Å². The van der Waals surface area contributed by atoms with Gasteiger partial charge in [-0.1, -0.05) is 0 Å². The Hall–Kier alpha value is -0.0300. The Bertz CT molecular complexity index is 193. The Kier molecular flexibility index (Phi) is 2.13. The molecule has 0 radical (unpaired) electrons. The molecule has 2 nitrogen and oxygen atoms in total. The van der Waals surface area contributed by atoms with Crippen molar-refractivity contribution >= 4 is 22.6 Å². The minimum atomic E-state index is 0.119. The van der Waals surface area contributed by atoms with Gasteiger partial charge in [-0.3, -0.25) is 0 Å². The van der Waals surface area contributed by atoms with Crippen LogP contribution in [0.1, 0.15) is 18.7 Å². The lowest BCUT2D eigenvalue weighted by atomic mass is 10.3. The largest absolute Gasteiger partial charge is 0.363 e. The molecule has 0 saturated carbocycles. The van der Waals surface area contributed by atoms with E-state index in [-0.39, 0.29) is 6.04 Å². The lowest BCUT2D eigenvalue weighted by Gasteiger charge is -1.97. The predicted molar refractivity (Wildman–Crippen MR) is 46.1 cm³/mol. The third-order valence-corrected chi connectivity index (χ3v) is 1.78. The summed E-state index contributed by atoms with van der Waals surface area (Å²) in [5.41, 5.74) is 6.69. The highest BCUT2D eigenvalue weighted by atomic mass is 127. The SMILES string of the molecule is CC(N)c1cc(I)c[nH]1. The molecule has 0 saturated heterocycles. The van der Waals surface area contributed by atoms with Gasteiger partial charge in [0.1, 0.15) is 0 Å². The zero-order valence-electron chi connectivity index (χ0n) is 5.19. The molecule has 9 heavy (non-hydrogen) atoms. The van der Waals surface area contributed by atoms with E-state index in [1.54, 1.807) is 0 Å². The van der Waals surface area contributed by atoms with E-state index in [0.29, 0.717) is 0 Å². The minimum absolute atomic E-state index is 0.119. The molecule has 0 spiro atoms. The quantitative estimate of drug-likeness (QED) is 0.715. The van der Waals surface area contributed by atoms with Gasteiger partial charge in [0, 0.05) is 21.5 Å². The van der Waals surface area contributed by atoms with Crippen LogP contribution in [0.3, 0.4) is 0 Å². The predicted octanol–water partition coefficient (Wildman–Crippen LogP) is 1.64. The van der Waals surface area contributed by atoms with Crippen LogP contribution in [0.25, 0.3) is 0 Å². The lowest BCUT2D eigenvalue weighted by Crippen LogP contribution is -2.04. The van der Waals surface area contributed by atoms with E-state index in [9.17, 15) is 0 Å². The first-order valence-corrected chi connectivity index (χ1v) is 3.87. The molecule has 0 aliphatic carbocycles. The molecule has 3 heteroatoms. The number of halogens is 1. The molecular formula is C6H9IN2. The molecule has 0 bridgehead atoms. The highest BCUT2D eigenvalue weighted by molar-refractivity contribution is 14.1. The lowest BCUT2D eigenvalue weighted by molar-refractivity contribution is 0.789. The molecule has 1 heterocycles. The van der Waals surface area contributed by atoms with Crippen molar-refractivity contribution in [2.24, 2.45) is 5.73 Å². The maximum atomic E-state index is 5.59. The van der Waals surface area contributed by atoms with Crippen molar-refractivity contribution in [3.05, 3.63) is 21.5 Å². The second-order valence-electron chi connectivity index (χ2n) is 2.06. The van der Waals surface area contributed by atoms with Gasteiger partial charge in [-0.25, -0.2) is 0 Å². The van der Waals surface area contributed by atoms with Crippen LogP contribution in [0.5, 0.6) is 0 Å². The highest BCUT2D eigenvalue weighted by Crippen LogP contribution is 2.10. The van der Waals surface area contributed by atoms with Crippen molar-refractivity contribution in [2.45, 2.75) is 13.0 Å². The van der Waals surface area contributed by atoms with E-state index in [0.717, 1.165) is 5.69 Å². The Morgan fingerprint density at radius 3 is 2.67 bits per heavy atom. The van der Waals surface area contributed by atoms with Gasteiger partial charge in [0.05, 0.1) is 0 Å². The van der Waals surface area contributed by atoms with Gasteiger partial charge < -0.3 is 10.7 Å². The fourth-order valence-corrected chi connectivity index (χ4v) is 1.14. The zero-order valence-corrected chi connectivity index (χ0v) is 7.34. The first-order chi connectivity index (χ1) is 4.20. The smallest absolute Gasteiger partial charge is 0.0419 e. The molecule has 3 N–H and O–H groups in total. The fraction of sp³-hybridized carbons (Fsp3) is 0.333. The third kappa shape index (κ3) is 1.69. The number of H-pyrrole nitrogens is 1. The number of aromatic amines is 1. The van der Waals surface area contributed by atoms with Crippen LogP contribution in [0.2, 0.25) is 0 Å². The number of rotatable bonds is 1. The Morgan fingerprint density at radius 1 is 1.78 bits per heavy atom. The molecule has 0 aromatic carbocycles. The Morgan fingerprint density at radius 2 is 2.44 bits per heavy atom. The van der Waals surface area contributed by atoms with Gasteiger partial charge in [0.2, 0.25) is 0 Å². The molecule has 1 rings (SSSR count). The van der Waals surface area contributed by atoms with Crippen LogP contribution in [0, 0.1) is 3.57 Å². The summed E-state index contributed by atoms with van der Waals surface area (Å²) in [6.07, 6.45) is 1.94. The first kappa shape index (κ1) is 7.08. The second kappa shape index (κ2) is 2.70. The molecule has 0 fully saturated rings. The summed E-state index contributed by atoms with van der Waals surface area (Å²) in [6, 6.07) is 2.17. The van der Waals surface area contributed by atoms with Gasteiger partial charge >= 0.3 is 0 Å². The number of hydrogen-bond acceptors (Lipinski definition) is 1. The summed E-state index contributed by atoms with van der Waals surface area (Å²) in [7, 11) is 0. The van der Waals surface area contributed by atoms with Crippen molar-refractivity contribution in [1.29, 1.82) is 0 Å². The van der Waals surface area contributed by atoms with Crippen molar-refractivity contribution < 1.29 is 0 Å². The molecule has 1 aromatic heterocycles. The zero-order chi connectivity index (χ0) is 6.85. The maximum absolute atomic E-state index is 5.59. The van der Waals surface area contributed by atoms with E-state index in [1.807, 2.05) is 19.2 Å². The van der Waals surface area contributed by atoms with Crippen molar-refractivity contribution in [1.82, 2.24) is 4.98 Å². The monoisotopic (exact) mass is 236 g/mol. The minimum Gasteiger partial charge on any atom is -0.363 e. The number of aromatic nitrogens is 1. The number of nitrogens with one attached hydrogen (secondary N) is 1. The summed E-state index contributed by atoms with van der Waals surface area (Å²) in [5, 5.41) is 0. The van der Waals surface area contributed by atoms with E-state index in [1.165, 1.54) is 3.57 Å². The van der Waals surface area contributed by atoms with E-state index < -0.39 is 0 Å². The summed E-state index contributed by atoms with van der Waals surface area (Å²) in [6.45, 7) is 1.96. The van der Waals surface area contributed by atoms with E-state index >= 15 is 0 Å². The number of hydrogen-bond donors (Lipinski definition) is 2. The van der Waals surface area contributed by atoms with Crippen molar-refractivity contribution in [2.75, 3.05) is 0 Å². The fourth-order valence-electron chi connectivity index (χ4n) is 0.647. The van der Waals surface area contributed by atoms with E-state index in [4.69, 9.17) is 5.73 Å². The number of nitrogens with two attached hydrogens (primary N) is 1. The highest BCUT2D eigenvalue weighted by Gasteiger charge is 1.99. The molecule has 50 valence electrons. The van der Waals surface area contributed by atoms with Gasteiger partial charge in [-0.2, -0.15) is 0 Å². The van der Waals surface area contributed by atoms with Crippen LogP contribution in [-0.4, -0.2) is 4.98 Å². The Balaban J connectivity index is 2.85. The van der Waals surface area contributed by atoms with Gasteiger partial charge in [-0.05, 0) is 35.6 Å². The normalized spacial score (nSPS) is 13.7. The first-order valence-electron chi connectivity index (χ1n) is 2.79. The Labute approximate surface area is 68.0 Å². The molecule has 0 aliphatic heterocycles. The maximum Gasteiger partial charge on any atom is 0.0419 e. The molecule has 1 aromatic rings.